The minimum Gasteiger partial charge on any atom is -0.150 e. The Morgan fingerprint density at radius 1 is 1.50 bits per heavy atom. The molecule has 0 saturated heterocycles. The number of hydrogen-bond acceptors (Lipinski definition) is 3. The Balaban J connectivity index is 2.90. The van der Waals surface area contributed by atoms with Crippen LogP contribution < -0.4 is 0 Å². The molecule has 0 N–H and O–H groups in total. The first kappa shape index (κ1) is 7.28. The lowest BCUT2D eigenvalue weighted by molar-refractivity contribution is 0.922. The summed E-state index contributed by atoms with van der Waals surface area (Å²) in [5.74, 6) is 0. The minimum absolute atomic E-state index is 0.817. The monoisotopic (exact) mass is 152 g/mol. The maximum Gasteiger partial charge on any atom is 0.119 e. The number of rotatable bonds is 2. The third-order valence-electron chi connectivity index (χ3n) is 1.08. The van der Waals surface area contributed by atoms with Gasteiger partial charge in [0.15, 0.2) is 0 Å². The second kappa shape index (κ2) is 3.37. The van der Waals surface area contributed by atoms with E-state index in [0.29, 0.717) is 0 Å². The zero-order chi connectivity index (χ0) is 7.40. The Kier molecular flexibility index (Phi) is 2.45. The highest BCUT2D eigenvalue weighted by Gasteiger charge is 1.90. The first-order valence-corrected chi connectivity index (χ1v) is 4.09. The van der Waals surface area contributed by atoms with Crippen LogP contribution in [0.15, 0.2) is 23.7 Å². The first-order valence-electron chi connectivity index (χ1n) is 2.87. The molecule has 0 saturated carbocycles. The fourth-order valence-electron chi connectivity index (χ4n) is 0.548. The molecule has 0 aliphatic rings. The summed E-state index contributed by atoms with van der Waals surface area (Å²) >= 11 is 1.58. The van der Waals surface area contributed by atoms with Crippen LogP contribution in [0, 0.1) is 0 Å². The van der Waals surface area contributed by atoms with E-state index in [1.807, 2.05) is 18.4 Å². The van der Waals surface area contributed by atoms with Crippen molar-refractivity contribution < 1.29 is 0 Å². The van der Waals surface area contributed by atoms with Crippen molar-refractivity contribution in [3.8, 4) is 0 Å². The molecule has 0 aliphatic carbocycles. The summed E-state index contributed by atoms with van der Waals surface area (Å²) < 4.78 is 0. The molecule has 0 atom stereocenters. The largest absolute Gasteiger partial charge is 0.150 e. The van der Waals surface area contributed by atoms with Gasteiger partial charge in [0, 0.05) is 0 Å². The van der Waals surface area contributed by atoms with Crippen LogP contribution in [0.3, 0.4) is 0 Å². The minimum atomic E-state index is 0.817. The van der Waals surface area contributed by atoms with Gasteiger partial charge in [-0.3, -0.25) is 0 Å². The molecule has 0 aromatic carbocycles. The Morgan fingerprint density at radius 2 is 2.30 bits per heavy atom. The maximum absolute atomic E-state index is 3.91. The highest BCUT2D eigenvalue weighted by atomic mass is 32.2. The molecule has 0 amide bonds. The molecule has 10 heavy (non-hydrogen) atoms. The summed E-state index contributed by atoms with van der Waals surface area (Å²) in [6, 6.07) is 3.82. The molecular weight excluding hydrogens is 144 g/mol. The third kappa shape index (κ3) is 1.57. The fourth-order valence-corrected chi connectivity index (χ4v) is 0.875. The van der Waals surface area contributed by atoms with Crippen LogP contribution in [-0.2, 0) is 0 Å². The van der Waals surface area contributed by atoms with Gasteiger partial charge < -0.3 is 0 Å². The van der Waals surface area contributed by atoms with E-state index in [-0.39, 0.29) is 0 Å². The molecule has 3 heteroatoms. The van der Waals surface area contributed by atoms with E-state index >= 15 is 0 Å². The zero-order valence-corrected chi connectivity index (χ0v) is 6.56. The van der Waals surface area contributed by atoms with Crippen molar-refractivity contribution in [2.45, 2.75) is 5.03 Å². The topological polar surface area (TPSA) is 25.8 Å². The van der Waals surface area contributed by atoms with E-state index in [1.165, 1.54) is 0 Å². The molecule has 52 valence electrons. The fraction of sp³-hybridized carbons (Fsp3) is 0.143. The molecule has 0 radical (unpaired) electrons. The smallest absolute Gasteiger partial charge is 0.119 e. The molecule has 1 rings (SSSR count). The van der Waals surface area contributed by atoms with Gasteiger partial charge in [-0.05, 0) is 24.5 Å². The quantitative estimate of drug-likeness (QED) is 0.605. The van der Waals surface area contributed by atoms with Gasteiger partial charge in [0.1, 0.15) is 5.03 Å². The SMILES string of the molecule is C=Cc1ccc(SC)nn1. The van der Waals surface area contributed by atoms with E-state index in [9.17, 15) is 0 Å². The number of nitrogens with zero attached hydrogens (tertiary/aromatic N) is 2. The molecular formula is C7H8N2S. The molecule has 0 fully saturated rings. The van der Waals surface area contributed by atoms with Crippen molar-refractivity contribution in [3.63, 3.8) is 0 Å². The number of thioether (sulfide) groups is 1. The molecule has 2 nitrogen and oxygen atoms in total. The molecule has 0 bridgehead atoms. The van der Waals surface area contributed by atoms with Crippen molar-refractivity contribution >= 4 is 17.8 Å². The van der Waals surface area contributed by atoms with E-state index in [0.717, 1.165) is 10.7 Å². The van der Waals surface area contributed by atoms with E-state index in [1.54, 1.807) is 17.8 Å². The number of aromatic nitrogens is 2. The predicted octanol–water partition coefficient (Wildman–Crippen LogP) is 1.84. The Hall–Kier alpha value is -0.830. The Labute approximate surface area is 64.4 Å². The van der Waals surface area contributed by atoms with Gasteiger partial charge in [-0.2, -0.15) is 5.10 Å². The second-order valence-electron chi connectivity index (χ2n) is 1.70. The van der Waals surface area contributed by atoms with Crippen molar-refractivity contribution in [1.82, 2.24) is 10.2 Å². The summed E-state index contributed by atoms with van der Waals surface area (Å²) in [5.41, 5.74) is 0.817. The maximum atomic E-state index is 3.91. The number of hydrogen-bond donors (Lipinski definition) is 0. The second-order valence-corrected chi connectivity index (χ2v) is 2.53. The lowest BCUT2D eigenvalue weighted by Crippen LogP contribution is -1.86. The lowest BCUT2D eigenvalue weighted by Gasteiger charge is -1.92. The van der Waals surface area contributed by atoms with Crippen molar-refractivity contribution in [3.05, 3.63) is 24.4 Å². The van der Waals surface area contributed by atoms with Crippen molar-refractivity contribution in [2.75, 3.05) is 6.26 Å². The van der Waals surface area contributed by atoms with Crippen LogP contribution in [0.5, 0.6) is 0 Å². The van der Waals surface area contributed by atoms with Crippen LogP contribution >= 0.6 is 11.8 Å². The van der Waals surface area contributed by atoms with Gasteiger partial charge in [0.2, 0.25) is 0 Å². The van der Waals surface area contributed by atoms with Gasteiger partial charge in [-0.25, -0.2) is 0 Å². The highest BCUT2D eigenvalue weighted by Crippen LogP contribution is 2.08. The molecule has 1 aromatic rings. The van der Waals surface area contributed by atoms with Crippen molar-refractivity contribution in [1.29, 1.82) is 0 Å². The average Bonchev–Trinajstić information content (AvgIpc) is 2.05. The standard InChI is InChI=1S/C7H8N2S/c1-3-6-4-5-7(10-2)9-8-6/h3-5H,1H2,2H3. The van der Waals surface area contributed by atoms with E-state index < -0.39 is 0 Å². The van der Waals surface area contributed by atoms with Gasteiger partial charge in [-0.15, -0.1) is 16.9 Å². The van der Waals surface area contributed by atoms with Gasteiger partial charge in [0.25, 0.3) is 0 Å². The molecule has 1 aromatic heterocycles. The summed E-state index contributed by atoms with van der Waals surface area (Å²) in [7, 11) is 0. The summed E-state index contributed by atoms with van der Waals surface area (Å²) in [5, 5.41) is 8.72. The third-order valence-corrected chi connectivity index (χ3v) is 1.71. The van der Waals surface area contributed by atoms with Gasteiger partial charge in [-0.1, -0.05) is 6.58 Å². The molecule has 0 spiro atoms. The summed E-state index contributed by atoms with van der Waals surface area (Å²) in [6.45, 7) is 3.58. The zero-order valence-electron chi connectivity index (χ0n) is 5.74. The van der Waals surface area contributed by atoms with Gasteiger partial charge >= 0.3 is 0 Å². The lowest BCUT2D eigenvalue weighted by atomic mass is 10.4. The predicted molar refractivity (Wildman–Crippen MR) is 43.9 cm³/mol. The summed E-state index contributed by atoms with van der Waals surface area (Å²) in [6.07, 6.45) is 3.65. The van der Waals surface area contributed by atoms with Crippen LogP contribution in [0.4, 0.5) is 0 Å². The van der Waals surface area contributed by atoms with E-state index in [2.05, 4.69) is 16.8 Å². The highest BCUT2D eigenvalue weighted by molar-refractivity contribution is 7.98. The van der Waals surface area contributed by atoms with Crippen LogP contribution in [-0.4, -0.2) is 16.5 Å². The Bertz CT molecular complexity index is 218. The molecule has 0 unspecified atom stereocenters. The van der Waals surface area contributed by atoms with Crippen molar-refractivity contribution in [2.24, 2.45) is 0 Å². The van der Waals surface area contributed by atoms with Crippen LogP contribution in [0.25, 0.3) is 6.08 Å². The first-order chi connectivity index (χ1) is 4.86. The summed E-state index contributed by atoms with van der Waals surface area (Å²) in [4.78, 5) is 0. The van der Waals surface area contributed by atoms with Crippen LogP contribution in [0.1, 0.15) is 5.69 Å². The van der Waals surface area contributed by atoms with E-state index in [4.69, 9.17) is 0 Å². The van der Waals surface area contributed by atoms with Crippen LogP contribution in [0.2, 0.25) is 0 Å². The normalized spacial score (nSPS) is 9.30. The average molecular weight is 152 g/mol. The Morgan fingerprint density at radius 3 is 2.70 bits per heavy atom. The molecule has 1 heterocycles. The van der Waals surface area contributed by atoms with Gasteiger partial charge in [0.05, 0.1) is 5.69 Å². The molecule has 0 aliphatic heterocycles.